The molecule has 0 unspecified atom stereocenters. The van der Waals surface area contributed by atoms with E-state index in [9.17, 15) is 4.79 Å². The Morgan fingerprint density at radius 2 is 2.36 bits per heavy atom. The van der Waals surface area contributed by atoms with Crippen molar-refractivity contribution in [3.05, 3.63) is 11.3 Å². The molecule has 0 spiro atoms. The van der Waals surface area contributed by atoms with Crippen molar-refractivity contribution in [1.82, 2.24) is 9.78 Å². The number of carbonyl (C=O) groups is 1. The topological polar surface area (TPSA) is 44.1 Å². The number of aryl methyl sites for hydroxylation is 1. The fraction of sp³-hybridized carbons (Fsp3) is 0.600. The Morgan fingerprint density at radius 1 is 1.50 bits per heavy atom. The molecule has 3 rings (SSSR count). The Hall–Kier alpha value is -1.32. The molecule has 0 aromatic carbocycles. The van der Waals surface area contributed by atoms with Crippen molar-refractivity contribution in [2.75, 3.05) is 6.61 Å². The second-order valence-corrected chi connectivity index (χ2v) is 3.92. The van der Waals surface area contributed by atoms with E-state index in [0.717, 1.165) is 37.8 Å². The maximum Gasteiger partial charge on any atom is 0.222 e. The first-order valence-corrected chi connectivity index (χ1v) is 5.09. The van der Waals surface area contributed by atoms with Gasteiger partial charge in [-0.1, -0.05) is 0 Å². The highest BCUT2D eigenvalue weighted by molar-refractivity contribution is 5.80. The van der Waals surface area contributed by atoms with Gasteiger partial charge in [-0.15, -0.1) is 0 Å². The predicted octanol–water partition coefficient (Wildman–Crippen LogP) is 1.36. The van der Waals surface area contributed by atoms with Gasteiger partial charge < -0.3 is 4.74 Å². The van der Waals surface area contributed by atoms with Crippen molar-refractivity contribution >= 4 is 6.29 Å². The van der Waals surface area contributed by atoms with Gasteiger partial charge in [0.25, 0.3) is 0 Å². The van der Waals surface area contributed by atoms with Crippen LogP contribution in [0.2, 0.25) is 0 Å². The molecule has 1 saturated carbocycles. The molecule has 0 N–H and O–H groups in total. The summed E-state index contributed by atoms with van der Waals surface area (Å²) in [5.41, 5.74) is 1.64. The monoisotopic (exact) mass is 192 g/mol. The maximum absolute atomic E-state index is 11.0. The fourth-order valence-corrected chi connectivity index (χ4v) is 1.93. The van der Waals surface area contributed by atoms with Gasteiger partial charge in [-0.05, 0) is 12.8 Å². The lowest BCUT2D eigenvalue weighted by Gasteiger charge is -2.14. The lowest BCUT2D eigenvalue weighted by molar-refractivity contribution is 0.111. The van der Waals surface area contributed by atoms with Crippen LogP contribution in [0.1, 0.15) is 41.2 Å². The smallest absolute Gasteiger partial charge is 0.222 e. The van der Waals surface area contributed by atoms with Gasteiger partial charge in [-0.3, -0.25) is 4.79 Å². The van der Waals surface area contributed by atoms with Crippen molar-refractivity contribution in [1.29, 1.82) is 0 Å². The molecule has 1 aliphatic carbocycles. The molecule has 2 aliphatic rings. The molecular formula is C10H12N2O2. The SMILES string of the molecule is O=Cc1c(C2CC2)nn2c1OCCC2. The maximum atomic E-state index is 11.0. The van der Waals surface area contributed by atoms with E-state index in [1.54, 1.807) is 0 Å². The van der Waals surface area contributed by atoms with Crippen molar-refractivity contribution < 1.29 is 9.53 Å². The van der Waals surface area contributed by atoms with E-state index in [2.05, 4.69) is 5.10 Å². The zero-order chi connectivity index (χ0) is 9.54. The summed E-state index contributed by atoms with van der Waals surface area (Å²) in [6.07, 6.45) is 4.20. The van der Waals surface area contributed by atoms with Crippen molar-refractivity contribution in [3.63, 3.8) is 0 Å². The van der Waals surface area contributed by atoms with E-state index in [4.69, 9.17) is 4.74 Å². The molecule has 2 heterocycles. The Morgan fingerprint density at radius 3 is 3.07 bits per heavy atom. The molecule has 0 saturated heterocycles. The summed E-state index contributed by atoms with van der Waals surface area (Å²) < 4.78 is 7.31. The lowest BCUT2D eigenvalue weighted by atomic mass is 10.2. The summed E-state index contributed by atoms with van der Waals surface area (Å²) in [5.74, 6) is 1.20. The largest absolute Gasteiger partial charge is 0.477 e. The van der Waals surface area contributed by atoms with Crippen LogP contribution in [0.15, 0.2) is 0 Å². The highest BCUT2D eigenvalue weighted by atomic mass is 16.5. The summed E-state index contributed by atoms with van der Waals surface area (Å²) in [4.78, 5) is 11.0. The molecule has 0 radical (unpaired) electrons. The first-order chi connectivity index (χ1) is 6.90. The van der Waals surface area contributed by atoms with E-state index < -0.39 is 0 Å². The van der Waals surface area contributed by atoms with E-state index in [0.29, 0.717) is 24.0 Å². The molecular weight excluding hydrogens is 180 g/mol. The van der Waals surface area contributed by atoms with E-state index in [1.807, 2.05) is 4.68 Å². The number of ether oxygens (including phenoxy) is 1. The number of rotatable bonds is 2. The first kappa shape index (κ1) is 8.03. The van der Waals surface area contributed by atoms with Gasteiger partial charge in [0.2, 0.25) is 5.88 Å². The van der Waals surface area contributed by atoms with Crippen LogP contribution in [-0.2, 0) is 6.54 Å². The number of hydrogen-bond acceptors (Lipinski definition) is 3. The van der Waals surface area contributed by atoms with Gasteiger partial charge in [0, 0.05) is 18.9 Å². The minimum atomic E-state index is 0.511. The molecule has 1 aromatic rings. The summed E-state index contributed by atoms with van der Waals surface area (Å²) in [6, 6.07) is 0. The van der Waals surface area contributed by atoms with Gasteiger partial charge in [0.05, 0.1) is 17.9 Å². The van der Waals surface area contributed by atoms with Crippen LogP contribution in [0.5, 0.6) is 5.88 Å². The molecule has 74 valence electrons. The van der Waals surface area contributed by atoms with Gasteiger partial charge in [-0.25, -0.2) is 4.68 Å². The summed E-state index contributed by atoms with van der Waals surface area (Å²) in [6.45, 7) is 1.58. The van der Waals surface area contributed by atoms with Crippen molar-refractivity contribution in [2.45, 2.75) is 31.7 Å². The second kappa shape index (κ2) is 2.83. The molecule has 1 aliphatic heterocycles. The standard InChI is InChI=1S/C10H12N2O2/c13-6-8-9(7-2-3-7)11-12-4-1-5-14-10(8)12/h6-7H,1-5H2. The number of aromatic nitrogens is 2. The zero-order valence-corrected chi connectivity index (χ0v) is 7.90. The van der Waals surface area contributed by atoms with Gasteiger partial charge in [-0.2, -0.15) is 5.10 Å². The van der Waals surface area contributed by atoms with Crippen molar-refractivity contribution in [2.24, 2.45) is 0 Å². The highest BCUT2D eigenvalue weighted by Crippen LogP contribution is 2.43. The van der Waals surface area contributed by atoms with Crippen LogP contribution in [0.4, 0.5) is 0 Å². The Kier molecular flexibility index (Phi) is 1.63. The highest BCUT2D eigenvalue weighted by Gasteiger charge is 2.32. The second-order valence-electron chi connectivity index (χ2n) is 3.92. The molecule has 0 atom stereocenters. The molecule has 14 heavy (non-hydrogen) atoms. The number of nitrogens with zero attached hydrogens (tertiary/aromatic N) is 2. The number of aldehydes is 1. The minimum absolute atomic E-state index is 0.511. The number of hydrogen-bond donors (Lipinski definition) is 0. The molecule has 0 amide bonds. The van der Waals surface area contributed by atoms with Gasteiger partial charge >= 0.3 is 0 Å². The Labute approximate surface area is 81.9 Å². The fourth-order valence-electron chi connectivity index (χ4n) is 1.93. The lowest BCUT2D eigenvalue weighted by Crippen LogP contribution is -2.15. The van der Waals surface area contributed by atoms with Crippen LogP contribution in [-0.4, -0.2) is 22.7 Å². The predicted molar refractivity (Wildman–Crippen MR) is 49.7 cm³/mol. The third kappa shape index (κ3) is 1.06. The number of carbonyl (C=O) groups excluding carboxylic acids is 1. The third-order valence-electron chi connectivity index (χ3n) is 2.80. The van der Waals surface area contributed by atoms with Crippen LogP contribution >= 0.6 is 0 Å². The van der Waals surface area contributed by atoms with Crippen molar-refractivity contribution in [3.8, 4) is 5.88 Å². The Bertz CT molecular complexity index is 380. The summed E-state index contributed by atoms with van der Waals surface area (Å²) in [7, 11) is 0. The summed E-state index contributed by atoms with van der Waals surface area (Å²) >= 11 is 0. The third-order valence-corrected chi connectivity index (χ3v) is 2.80. The average Bonchev–Trinajstić information content (AvgIpc) is 2.99. The average molecular weight is 192 g/mol. The van der Waals surface area contributed by atoms with Gasteiger partial charge in [0.15, 0.2) is 6.29 Å². The minimum Gasteiger partial charge on any atom is -0.477 e. The molecule has 4 nitrogen and oxygen atoms in total. The normalized spacial score (nSPS) is 20.0. The van der Waals surface area contributed by atoms with Crippen LogP contribution < -0.4 is 4.74 Å². The van der Waals surface area contributed by atoms with E-state index >= 15 is 0 Å². The zero-order valence-electron chi connectivity index (χ0n) is 7.90. The van der Waals surface area contributed by atoms with E-state index in [1.165, 1.54) is 0 Å². The van der Waals surface area contributed by atoms with Crippen LogP contribution in [0, 0.1) is 0 Å². The molecule has 0 bridgehead atoms. The molecule has 1 fully saturated rings. The molecule has 1 aromatic heterocycles. The quantitative estimate of drug-likeness (QED) is 0.664. The first-order valence-electron chi connectivity index (χ1n) is 5.09. The van der Waals surface area contributed by atoms with E-state index in [-0.39, 0.29) is 0 Å². The Balaban J connectivity index is 2.11. The van der Waals surface area contributed by atoms with Crippen LogP contribution in [0.25, 0.3) is 0 Å². The molecule has 4 heteroatoms. The van der Waals surface area contributed by atoms with Gasteiger partial charge in [0.1, 0.15) is 0 Å². The summed E-state index contributed by atoms with van der Waals surface area (Å²) in [5, 5.41) is 4.44. The van der Waals surface area contributed by atoms with Crippen LogP contribution in [0.3, 0.4) is 0 Å². The number of fused-ring (bicyclic) bond motifs is 1.